The molecule has 1 amide bonds. The molecule has 1 heterocycles. The van der Waals surface area contributed by atoms with Crippen molar-refractivity contribution >= 4 is 18.3 Å². The number of amides is 1. The van der Waals surface area contributed by atoms with Gasteiger partial charge in [-0.25, -0.2) is 4.79 Å². The van der Waals surface area contributed by atoms with Gasteiger partial charge in [0.25, 0.3) is 0 Å². The molecule has 0 bridgehead atoms. The Balaban J connectivity index is 2.57. The van der Waals surface area contributed by atoms with E-state index >= 15 is 0 Å². The number of aliphatic carboxylic acids is 1. The fourth-order valence-corrected chi connectivity index (χ4v) is 2.57. The fraction of sp³-hybridized carbons (Fsp3) is 0.800. The van der Waals surface area contributed by atoms with Crippen molar-refractivity contribution in [2.24, 2.45) is 0 Å². The van der Waals surface area contributed by atoms with Crippen molar-refractivity contribution in [3.05, 3.63) is 0 Å². The average Bonchev–Trinajstić information content (AvgIpc) is 2.36. The molecular formula is C15H26N2O5. The smallest absolute Gasteiger partial charge is 0.407 e. The number of nitrogens with one attached hydrogen (secondary N) is 1. The second-order valence-corrected chi connectivity index (χ2v) is 6.58. The number of aldehydes is 1. The largest absolute Gasteiger partial charge is 0.480 e. The summed E-state index contributed by atoms with van der Waals surface area (Å²) in [6.07, 6.45) is 2.34. The topological polar surface area (TPSA) is 95.9 Å². The molecule has 7 heteroatoms. The summed E-state index contributed by atoms with van der Waals surface area (Å²) in [5.74, 6) is -0.931. The molecule has 0 radical (unpaired) electrons. The standard InChI is InChI=1S/C15H26N2O5/c1-15(2,3)22-14(21)16-11-6-4-8-17(10-11)12(13(19)20)7-5-9-18/h9,11-12H,4-8,10H2,1-3H3,(H,16,21)(H,19,20)/t11-,12?/m0/s1. The second kappa shape index (κ2) is 8.12. The van der Waals surface area contributed by atoms with Gasteiger partial charge in [0, 0.05) is 19.0 Å². The molecule has 1 aliphatic rings. The van der Waals surface area contributed by atoms with Crippen molar-refractivity contribution < 1.29 is 24.2 Å². The first-order valence-electron chi connectivity index (χ1n) is 7.63. The number of rotatable bonds is 6. The lowest BCUT2D eigenvalue weighted by Crippen LogP contribution is -2.53. The summed E-state index contributed by atoms with van der Waals surface area (Å²) in [5, 5.41) is 12.1. The van der Waals surface area contributed by atoms with Gasteiger partial charge in [-0.15, -0.1) is 0 Å². The zero-order valence-corrected chi connectivity index (χ0v) is 13.5. The highest BCUT2D eigenvalue weighted by Crippen LogP contribution is 2.17. The van der Waals surface area contributed by atoms with Crippen LogP contribution in [0.4, 0.5) is 4.79 Å². The first-order valence-corrected chi connectivity index (χ1v) is 7.63. The molecule has 0 aromatic heterocycles. The lowest BCUT2D eigenvalue weighted by molar-refractivity contribution is -0.144. The van der Waals surface area contributed by atoms with E-state index in [0.717, 1.165) is 19.1 Å². The third-order valence-corrected chi connectivity index (χ3v) is 3.46. The van der Waals surface area contributed by atoms with E-state index in [2.05, 4.69) is 5.32 Å². The van der Waals surface area contributed by atoms with Crippen LogP contribution in [0.15, 0.2) is 0 Å². The molecular weight excluding hydrogens is 288 g/mol. The average molecular weight is 314 g/mol. The van der Waals surface area contributed by atoms with Gasteiger partial charge < -0.3 is 20.0 Å². The number of hydrogen-bond acceptors (Lipinski definition) is 5. The number of carbonyl (C=O) groups is 3. The molecule has 7 nitrogen and oxygen atoms in total. The molecule has 22 heavy (non-hydrogen) atoms. The van der Waals surface area contributed by atoms with E-state index in [-0.39, 0.29) is 18.9 Å². The van der Waals surface area contributed by atoms with Crippen LogP contribution in [0.5, 0.6) is 0 Å². The van der Waals surface area contributed by atoms with Crippen molar-refractivity contribution in [1.29, 1.82) is 0 Å². The summed E-state index contributed by atoms with van der Waals surface area (Å²) in [7, 11) is 0. The summed E-state index contributed by atoms with van der Waals surface area (Å²) < 4.78 is 5.22. The van der Waals surface area contributed by atoms with Crippen LogP contribution in [-0.2, 0) is 14.3 Å². The molecule has 0 aromatic rings. The highest BCUT2D eigenvalue weighted by atomic mass is 16.6. The van der Waals surface area contributed by atoms with Crippen LogP contribution in [0.25, 0.3) is 0 Å². The fourth-order valence-electron chi connectivity index (χ4n) is 2.57. The van der Waals surface area contributed by atoms with Crippen molar-refractivity contribution in [3.63, 3.8) is 0 Å². The lowest BCUT2D eigenvalue weighted by atomic mass is 10.0. The van der Waals surface area contributed by atoms with Crippen molar-refractivity contribution in [2.75, 3.05) is 13.1 Å². The summed E-state index contributed by atoms with van der Waals surface area (Å²) in [4.78, 5) is 35.4. The Hall–Kier alpha value is -1.63. The molecule has 1 rings (SSSR count). The van der Waals surface area contributed by atoms with Gasteiger partial charge in [0.2, 0.25) is 0 Å². The van der Waals surface area contributed by atoms with E-state index in [1.807, 2.05) is 4.90 Å². The van der Waals surface area contributed by atoms with E-state index < -0.39 is 23.7 Å². The maximum absolute atomic E-state index is 11.8. The van der Waals surface area contributed by atoms with Gasteiger partial charge in [-0.1, -0.05) is 0 Å². The van der Waals surface area contributed by atoms with Crippen molar-refractivity contribution in [3.8, 4) is 0 Å². The van der Waals surface area contributed by atoms with Crippen LogP contribution >= 0.6 is 0 Å². The first kappa shape index (κ1) is 18.4. The molecule has 0 saturated carbocycles. The summed E-state index contributed by atoms with van der Waals surface area (Å²) >= 11 is 0. The Morgan fingerprint density at radius 2 is 2.14 bits per heavy atom. The minimum atomic E-state index is -0.931. The van der Waals surface area contributed by atoms with Gasteiger partial charge in [-0.2, -0.15) is 0 Å². The molecule has 2 N–H and O–H groups in total. The molecule has 1 unspecified atom stereocenters. The highest BCUT2D eigenvalue weighted by molar-refractivity contribution is 5.74. The maximum Gasteiger partial charge on any atom is 0.407 e. The van der Waals surface area contributed by atoms with Gasteiger partial charge in [0.1, 0.15) is 17.9 Å². The van der Waals surface area contributed by atoms with Crippen LogP contribution in [0, 0.1) is 0 Å². The number of alkyl carbamates (subject to hydrolysis) is 1. The number of piperidine rings is 1. The number of carboxylic acid groups (broad SMARTS) is 1. The molecule has 0 aromatic carbocycles. The summed E-state index contributed by atoms with van der Waals surface area (Å²) in [6, 6.07) is -0.824. The highest BCUT2D eigenvalue weighted by Gasteiger charge is 2.31. The summed E-state index contributed by atoms with van der Waals surface area (Å²) in [6.45, 7) is 6.48. The number of hydrogen-bond donors (Lipinski definition) is 2. The minimum Gasteiger partial charge on any atom is -0.480 e. The van der Waals surface area contributed by atoms with Gasteiger partial charge in [-0.05, 0) is 46.6 Å². The van der Waals surface area contributed by atoms with E-state index in [1.54, 1.807) is 20.8 Å². The van der Waals surface area contributed by atoms with E-state index in [1.165, 1.54) is 0 Å². The normalized spacial score (nSPS) is 21.0. The first-order chi connectivity index (χ1) is 10.2. The minimum absolute atomic E-state index is 0.137. The molecule has 2 atom stereocenters. The Labute approximate surface area is 131 Å². The predicted octanol–water partition coefficient (Wildman–Crippen LogP) is 1.41. The van der Waals surface area contributed by atoms with Crippen LogP contribution in [-0.4, -0.2) is 59.1 Å². The Morgan fingerprint density at radius 3 is 2.68 bits per heavy atom. The van der Waals surface area contributed by atoms with Crippen LogP contribution in [0.3, 0.4) is 0 Å². The third kappa shape index (κ3) is 6.43. The quantitative estimate of drug-likeness (QED) is 0.720. The number of likely N-dealkylation sites (tertiary alicyclic amines) is 1. The zero-order chi connectivity index (χ0) is 16.8. The molecule has 0 spiro atoms. The van der Waals surface area contributed by atoms with E-state index in [4.69, 9.17) is 4.74 Å². The number of carbonyl (C=O) groups excluding carboxylic acids is 2. The number of nitrogens with zero attached hydrogens (tertiary/aromatic N) is 1. The van der Waals surface area contributed by atoms with E-state index in [9.17, 15) is 19.5 Å². The number of ether oxygens (including phenoxy) is 1. The third-order valence-electron chi connectivity index (χ3n) is 3.46. The van der Waals surface area contributed by atoms with Gasteiger partial charge >= 0.3 is 12.1 Å². The van der Waals surface area contributed by atoms with Crippen molar-refractivity contribution in [2.45, 2.75) is 64.1 Å². The predicted molar refractivity (Wildman–Crippen MR) is 80.7 cm³/mol. The van der Waals surface area contributed by atoms with Gasteiger partial charge in [-0.3, -0.25) is 9.69 Å². The summed E-state index contributed by atoms with van der Waals surface area (Å²) in [5.41, 5.74) is -0.563. The maximum atomic E-state index is 11.8. The molecule has 1 saturated heterocycles. The number of carboxylic acids is 1. The monoisotopic (exact) mass is 314 g/mol. The van der Waals surface area contributed by atoms with Crippen LogP contribution in [0.2, 0.25) is 0 Å². The van der Waals surface area contributed by atoms with Crippen molar-refractivity contribution in [1.82, 2.24) is 10.2 Å². The Morgan fingerprint density at radius 1 is 1.45 bits per heavy atom. The SMILES string of the molecule is CC(C)(C)OC(=O)N[C@H]1CCCN(C(CCC=O)C(=O)O)C1. The zero-order valence-electron chi connectivity index (χ0n) is 13.5. The van der Waals surface area contributed by atoms with Crippen LogP contribution in [0.1, 0.15) is 46.5 Å². The second-order valence-electron chi connectivity index (χ2n) is 6.58. The van der Waals surface area contributed by atoms with Crippen LogP contribution < -0.4 is 5.32 Å². The Bertz CT molecular complexity index is 405. The molecule has 0 aliphatic carbocycles. The van der Waals surface area contributed by atoms with E-state index in [0.29, 0.717) is 13.1 Å². The Kier molecular flexibility index (Phi) is 6.80. The molecule has 126 valence electrons. The lowest BCUT2D eigenvalue weighted by Gasteiger charge is -2.36. The molecule has 1 fully saturated rings. The van der Waals surface area contributed by atoms with Gasteiger partial charge in [0.15, 0.2) is 0 Å². The molecule has 1 aliphatic heterocycles. The van der Waals surface area contributed by atoms with Gasteiger partial charge in [0.05, 0.1) is 0 Å².